The molecule has 0 aromatic carbocycles. The van der Waals surface area contributed by atoms with E-state index in [1.54, 1.807) is 20.8 Å². The van der Waals surface area contributed by atoms with E-state index in [4.69, 9.17) is 9.47 Å². The monoisotopic (exact) mass is 401 g/mol. The third-order valence-corrected chi connectivity index (χ3v) is 4.20. The van der Waals surface area contributed by atoms with Gasteiger partial charge in [0.2, 0.25) is 11.8 Å². The predicted molar refractivity (Wildman–Crippen MR) is 89.7 cm³/mol. The third-order valence-electron chi connectivity index (χ3n) is 4.20. The zero-order chi connectivity index (χ0) is 20.7. The first-order chi connectivity index (χ1) is 12.9. The number of pyridine rings is 1. The fourth-order valence-electron chi connectivity index (χ4n) is 2.42. The molecule has 1 aliphatic rings. The molecule has 1 fully saturated rings. The molecule has 0 spiro atoms. The number of carbonyl (C=O) groups excluding carboxylic acids is 1. The van der Waals surface area contributed by atoms with Crippen molar-refractivity contribution in [3.8, 4) is 11.7 Å². The van der Waals surface area contributed by atoms with Crippen LogP contribution in [0.4, 0.5) is 17.6 Å². The van der Waals surface area contributed by atoms with Crippen molar-refractivity contribution in [1.82, 2.24) is 14.8 Å². The third kappa shape index (κ3) is 4.26. The molecular formula is C18H19F4N3O3. The number of aromatic nitrogens is 3. The second-order valence-corrected chi connectivity index (χ2v) is 7.68. The molecular weight excluding hydrogens is 382 g/mol. The van der Waals surface area contributed by atoms with Crippen LogP contribution < -0.4 is 4.74 Å². The Balaban J connectivity index is 1.70. The fourth-order valence-corrected chi connectivity index (χ4v) is 2.42. The van der Waals surface area contributed by atoms with E-state index in [0.717, 1.165) is 4.68 Å². The van der Waals surface area contributed by atoms with Gasteiger partial charge in [-0.15, -0.1) is 5.10 Å². The Kier molecular flexibility index (Phi) is 4.84. The maximum absolute atomic E-state index is 14.2. The maximum Gasteiger partial charge on any atom is 0.397 e. The number of alkyl halides is 3. The molecule has 2 aromatic heterocycles. The van der Waals surface area contributed by atoms with Gasteiger partial charge in [0.25, 0.3) is 0 Å². The molecule has 1 aliphatic carbocycles. The average Bonchev–Trinajstić information content (AvgIpc) is 3.22. The standard InChI is InChI=1S/C18H19F4N3O3/c1-16(2,3)28-15(26)11-4-5-12(23-14(11)19)25-9-6-13(24-25)27-10-17(7-8-17)18(20,21)22/h4-6,9H,7-8,10H2,1-3H3. The molecule has 0 unspecified atom stereocenters. The zero-order valence-electron chi connectivity index (χ0n) is 15.5. The number of nitrogens with zero attached hydrogens (tertiary/aromatic N) is 3. The van der Waals surface area contributed by atoms with Crippen molar-refractivity contribution in [2.75, 3.05) is 6.61 Å². The quantitative estimate of drug-likeness (QED) is 0.429. The van der Waals surface area contributed by atoms with Crippen molar-refractivity contribution in [2.45, 2.75) is 45.4 Å². The van der Waals surface area contributed by atoms with E-state index in [0.29, 0.717) is 0 Å². The molecule has 2 heterocycles. The Morgan fingerprint density at radius 3 is 2.43 bits per heavy atom. The first kappa shape index (κ1) is 20.1. The van der Waals surface area contributed by atoms with Gasteiger partial charge in [-0.1, -0.05) is 0 Å². The highest BCUT2D eigenvalue weighted by molar-refractivity contribution is 5.89. The minimum atomic E-state index is -4.32. The second kappa shape index (κ2) is 6.75. The molecule has 0 amide bonds. The summed E-state index contributed by atoms with van der Waals surface area (Å²) < 4.78 is 64.4. The van der Waals surface area contributed by atoms with Crippen molar-refractivity contribution >= 4 is 5.97 Å². The lowest BCUT2D eigenvalue weighted by Crippen LogP contribution is -2.30. The smallest absolute Gasteiger partial charge is 0.397 e. The Morgan fingerprint density at radius 2 is 1.89 bits per heavy atom. The molecule has 2 aromatic rings. The highest BCUT2D eigenvalue weighted by Crippen LogP contribution is 2.57. The summed E-state index contributed by atoms with van der Waals surface area (Å²) >= 11 is 0. The summed E-state index contributed by atoms with van der Waals surface area (Å²) in [5.74, 6) is -1.89. The summed E-state index contributed by atoms with van der Waals surface area (Å²) in [6.45, 7) is 4.44. The normalized spacial score (nSPS) is 16.0. The van der Waals surface area contributed by atoms with E-state index < -0.39 is 35.7 Å². The molecule has 0 radical (unpaired) electrons. The maximum atomic E-state index is 14.2. The molecule has 3 rings (SSSR count). The van der Waals surface area contributed by atoms with E-state index >= 15 is 0 Å². The van der Waals surface area contributed by atoms with Gasteiger partial charge in [-0.3, -0.25) is 0 Å². The Hall–Kier alpha value is -2.65. The van der Waals surface area contributed by atoms with Gasteiger partial charge in [0.15, 0.2) is 5.82 Å². The lowest BCUT2D eigenvalue weighted by molar-refractivity contribution is -0.194. The number of hydrogen-bond donors (Lipinski definition) is 0. The van der Waals surface area contributed by atoms with E-state index in [-0.39, 0.29) is 30.1 Å². The van der Waals surface area contributed by atoms with Gasteiger partial charge in [-0.2, -0.15) is 22.5 Å². The summed E-state index contributed by atoms with van der Waals surface area (Å²) in [6.07, 6.45) is -2.90. The summed E-state index contributed by atoms with van der Waals surface area (Å²) in [6, 6.07) is 3.90. The number of esters is 1. The largest absolute Gasteiger partial charge is 0.476 e. The molecule has 1 saturated carbocycles. The van der Waals surface area contributed by atoms with Gasteiger partial charge >= 0.3 is 12.1 Å². The highest BCUT2D eigenvalue weighted by Gasteiger charge is 2.64. The summed E-state index contributed by atoms with van der Waals surface area (Å²) in [5, 5.41) is 3.95. The van der Waals surface area contributed by atoms with Crippen LogP contribution in [0.1, 0.15) is 44.0 Å². The fraction of sp³-hybridized carbons (Fsp3) is 0.500. The number of hydrogen-bond acceptors (Lipinski definition) is 5. The highest BCUT2D eigenvalue weighted by atomic mass is 19.4. The molecule has 0 saturated heterocycles. The first-order valence-corrected chi connectivity index (χ1v) is 8.56. The topological polar surface area (TPSA) is 66.2 Å². The van der Waals surface area contributed by atoms with Gasteiger partial charge in [0, 0.05) is 12.3 Å². The lowest BCUT2D eigenvalue weighted by Gasteiger charge is -2.19. The van der Waals surface area contributed by atoms with Crippen LogP contribution in [0.2, 0.25) is 0 Å². The van der Waals surface area contributed by atoms with Crippen LogP contribution in [0.3, 0.4) is 0 Å². The van der Waals surface area contributed by atoms with E-state index in [2.05, 4.69) is 10.1 Å². The Labute approximate surface area is 158 Å². The molecule has 0 bridgehead atoms. The number of rotatable bonds is 5. The number of halogens is 4. The molecule has 28 heavy (non-hydrogen) atoms. The van der Waals surface area contributed by atoms with E-state index in [1.807, 2.05) is 0 Å². The number of carbonyl (C=O) groups is 1. The van der Waals surface area contributed by atoms with Crippen LogP contribution in [-0.2, 0) is 4.74 Å². The second-order valence-electron chi connectivity index (χ2n) is 7.68. The minimum Gasteiger partial charge on any atom is -0.476 e. The van der Waals surface area contributed by atoms with Crippen LogP contribution in [0, 0.1) is 11.4 Å². The molecule has 0 aliphatic heterocycles. The van der Waals surface area contributed by atoms with Gasteiger partial charge < -0.3 is 9.47 Å². The molecule has 6 nitrogen and oxygen atoms in total. The Bertz CT molecular complexity index is 883. The SMILES string of the molecule is CC(C)(C)OC(=O)c1ccc(-n2ccc(OCC3(C(F)(F)F)CC3)n2)nc1F. The molecule has 152 valence electrons. The van der Waals surface area contributed by atoms with Gasteiger partial charge in [0.05, 0.1) is 0 Å². The van der Waals surface area contributed by atoms with Crippen molar-refractivity contribution in [3.63, 3.8) is 0 Å². The van der Waals surface area contributed by atoms with Crippen LogP contribution in [0.5, 0.6) is 5.88 Å². The van der Waals surface area contributed by atoms with Crippen molar-refractivity contribution in [3.05, 3.63) is 35.9 Å². The van der Waals surface area contributed by atoms with Crippen molar-refractivity contribution < 1.29 is 31.8 Å². The first-order valence-electron chi connectivity index (χ1n) is 8.56. The van der Waals surface area contributed by atoms with Crippen molar-refractivity contribution in [1.29, 1.82) is 0 Å². The van der Waals surface area contributed by atoms with Crippen LogP contribution in [0.15, 0.2) is 24.4 Å². The number of ether oxygens (including phenoxy) is 2. The summed E-state index contributed by atoms with van der Waals surface area (Å²) in [4.78, 5) is 15.6. The van der Waals surface area contributed by atoms with E-state index in [1.165, 1.54) is 24.4 Å². The average molecular weight is 401 g/mol. The lowest BCUT2D eigenvalue weighted by atomic mass is 10.1. The van der Waals surface area contributed by atoms with Crippen LogP contribution in [0.25, 0.3) is 5.82 Å². The van der Waals surface area contributed by atoms with E-state index in [9.17, 15) is 22.4 Å². The van der Waals surface area contributed by atoms with Gasteiger partial charge in [0.1, 0.15) is 23.2 Å². The Morgan fingerprint density at radius 1 is 1.21 bits per heavy atom. The molecule has 10 heteroatoms. The zero-order valence-corrected chi connectivity index (χ0v) is 15.5. The van der Waals surface area contributed by atoms with Gasteiger partial charge in [-0.25, -0.2) is 9.48 Å². The summed E-state index contributed by atoms with van der Waals surface area (Å²) in [7, 11) is 0. The molecule has 0 N–H and O–H groups in total. The van der Waals surface area contributed by atoms with Crippen molar-refractivity contribution in [2.24, 2.45) is 5.41 Å². The molecule has 0 atom stereocenters. The minimum absolute atomic E-state index is 0.0239. The van der Waals surface area contributed by atoms with Crippen LogP contribution >= 0.6 is 0 Å². The van der Waals surface area contributed by atoms with Crippen LogP contribution in [-0.4, -0.2) is 39.1 Å². The predicted octanol–water partition coefficient (Wildman–Crippen LogP) is 4.08. The summed E-state index contributed by atoms with van der Waals surface area (Å²) in [5.41, 5.74) is -2.93. The van der Waals surface area contributed by atoms with Gasteiger partial charge in [-0.05, 0) is 45.7 Å².